The fourth-order valence-corrected chi connectivity index (χ4v) is 1.90. The Balaban J connectivity index is 2.75. The molecule has 0 fully saturated rings. The molecule has 2 atom stereocenters. The lowest BCUT2D eigenvalue weighted by atomic mass is 9.92. The molecule has 0 bridgehead atoms. The van der Waals surface area contributed by atoms with Gasteiger partial charge in [-0.25, -0.2) is 0 Å². The van der Waals surface area contributed by atoms with Gasteiger partial charge in [0, 0.05) is 5.56 Å². The SMILES string of the molecule is C=C(C)C(O)CC[C@@H](C)c1cc(O)c(C)cc1O. The number of phenolic OH excluding ortho intramolecular Hbond substituents is 2. The van der Waals surface area contributed by atoms with Crippen LogP contribution in [0, 0.1) is 6.92 Å². The van der Waals surface area contributed by atoms with E-state index < -0.39 is 6.10 Å². The molecule has 0 radical (unpaired) electrons. The van der Waals surface area contributed by atoms with Gasteiger partial charge in [-0.05, 0) is 50.3 Å². The highest BCUT2D eigenvalue weighted by molar-refractivity contribution is 5.45. The van der Waals surface area contributed by atoms with Crippen molar-refractivity contribution < 1.29 is 15.3 Å². The first-order valence-electron chi connectivity index (χ1n) is 6.18. The van der Waals surface area contributed by atoms with E-state index in [-0.39, 0.29) is 17.4 Å². The molecule has 0 heterocycles. The minimum Gasteiger partial charge on any atom is -0.508 e. The van der Waals surface area contributed by atoms with E-state index in [1.807, 2.05) is 6.92 Å². The van der Waals surface area contributed by atoms with Crippen LogP contribution in [0.5, 0.6) is 11.5 Å². The number of phenols is 2. The summed E-state index contributed by atoms with van der Waals surface area (Å²) in [6, 6.07) is 3.17. The largest absolute Gasteiger partial charge is 0.508 e. The fourth-order valence-electron chi connectivity index (χ4n) is 1.90. The molecule has 1 unspecified atom stereocenters. The molecule has 1 rings (SSSR count). The molecule has 0 saturated carbocycles. The molecule has 3 nitrogen and oxygen atoms in total. The first-order valence-corrected chi connectivity index (χ1v) is 6.18. The molecule has 0 aromatic heterocycles. The third kappa shape index (κ3) is 3.50. The summed E-state index contributed by atoms with van der Waals surface area (Å²) in [5, 5.41) is 29.2. The van der Waals surface area contributed by atoms with Crippen molar-refractivity contribution in [3.63, 3.8) is 0 Å². The third-order valence-electron chi connectivity index (χ3n) is 3.32. The molecule has 100 valence electrons. The highest BCUT2D eigenvalue weighted by atomic mass is 16.3. The lowest BCUT2D eigenvalue weighted by molar-refractivity contribution is 0.195. The maximum atomic E-state index is 9.87. The second kappa shape index (κ2) is 5.91. The van der Waals surface area contributed by atoms with Gasteiger partial charge in [0.25, 0.3) is 0 Å². The van der Waals surface area contributed by atoms with E-state index in [1.165, 1.54) is 0 Å². The molecule has 0 aliphatic rings. The summed E-state index contributed by atoms with van der Waals surface area (Å²) in [6.45, 7) is 9.22. The summed E-state index contributed by atoms with van der Waals surface area (Å²) in [7, 11) is 0. The second-order valence-electron chi connectivity index (χ2n) is 5.04. The molecule has 0 spiro atoms. The number of aliphatic hydroxyl groups excluding tert-OH is 1. The van der Waals surface area contributed by atoms with Gasteiger partial charge >= 0.3 is 0 Å². The van der Waals surface area contributed by atoms with E-state index in [4.69, 9.17) is 0 Å². The van der Waals surface area contributed by atoms with Crippen LogP contribution in [0.25, 0.3) is 0 Å². The van der Waals surface area contributed by atoms with E-state index in [1.54, 1.807) is 26.0 Å². The number of hydrogen-bond donors (Lipinski definition) is 3. The number of benzene rings is 1. The Morgan fingerprint density at radius 2 is 1.83 bits per heavy atom. The molecular formula is C15H22O3. The predicted molar refractivity (Wildman–Crippen MR) is 73.0 cm³/mol. The smallest absolute Gasteiger partial charge is 0.119 e. The van der Waals surface area contributed by atoms with Crippen molar-refractivity contribution >= 4 is 0 Å². The number of aryl methyl sites for hydroxylation is 1. The Morgan fingerprint density at radius 1 is 1.22 bits per heavy atom. The Labute approximate surface area is 108 Å². The molecule has 3 heteroatoms. The van der Waals surface area contributed by atoms with Gasteiger partial charge in [0.15, 0.2) is 0 Å². The van der Waals surface area contributed by atoms with E-state index >= 15 is 0 Å². The van der Waals surface area contributed by atoms with Crippen LogP contribution in [0.4, 0.5) is 0 Å². The van der Waals surface area contributed by atoms with Crippen LogP contribution in [0.2, 0.25) is 0 Å². The molecule has 1 aromatic carbocycles. The Hall–Kier alpha value is -1.48. The van der Waals surface area contributed by atoms with Crippen molar-refractivity contribution in [2.75, 3.05) is 0 Å². The summed E-state index contributed by atoms with van der Waals surface area (Å²) in [5.41, 5.74) is 2.12. The first kappa shape index (κ1) is 14.6. The van der Waals surface area contributed by atoms with Crippen LogP contribution < -0.4 is 0 Å². The van der Waals surface area contributed by atoms with Crippen LogP contribution in [-0.4, -0.2) is 21.4 Å². The van der Waals surface area contributed by atoms with Crippen molar-refractivity contribution in [3.8, 4) is 11.5 Å². The van der Waals surface area contributed by atoms with Crippen molar-refractivity contribution in [3.05, 3.63) is 35.4 Å². The van der Waals surface area contributed by atoms with E-state index in [0.29, 0.717) is 17.5 Å². The van der Waals surface area contributed by atoms with Gasteiger partial charge in [-0.15, -0.1) is 0 Å². The Morgan fingerprint density at radius 3 is 2.39 bits per heavy atom. The van der Waals surface area contributed by atoms with Gasteiger partial charge in [0.1, 0.15) is 11.5 Å². The van der Waals surface area contributed by atoms with Gasteiger partial charge in [0.2, 0.25) is 0 Å². The highest BCUT2D eigenvalue weighted by Crippen LogP contribution is 2.34. The van der Waals surface area contributed by atoms with Gasteiger partial charge in [-0.3, -0.25) is 0 Å². The zero-order valence-corrected chi connectivity index (χ0v) is 11.3. The topological polar surface area (TPSA) is 60.7 Å². The minimum absolute atomic E-state index is 0.0745. The number of aromatic hydroxyl groups is 2. The van der Waals surface area contributed by atoms with Crippen LogP contribution in [-0.2, 0) is 0 Å². The molecule has 1 aromatic rings. The minimum atomic E-state index is -0.506. The third-order valence-corrected chi connectivity index (χ3v) is 3.32. The molecule has 0 aliphatic carbocycles. The summed E-state index contributed by atoms with van der Waals surface area (Å²) in [5.74, 6) is 0.461. The molecule has 0 saturated heterocycles. The lowest BCUT2D eigenvalue weighted by Gasteiger charge is -2.17. The Kier molecular flexibility index (Phi) is 4.79. The van der Waals surface area contributed by atoms with E-state index in [9.17, 15) is 15.3 Å². The molecule has 0 aliphatic heterocycles. The average molecular weight is 250 g/mol. The lowest BCUT2D eigenvalue weighted by Crippen LogP contribution is -2.09. The zero-order valence-electron chi connectivity index (χ0n) is 11.3. The predicted octanol–water partition coefficient (Wildman–Crippen LogP) is 3.23. The van der Waals surface area contributed by atoms with E-state index in [2.05, 4.69) is 6.58 Å². The van der Waals surface area contributed by atoms with Gasteiger partial charge in [-0.2, -0.15) is 0 Å². The quantitative estimate of drug-likeness (QED) is 0.555. The normalized spacial score (nSPS) is 14.2. The zero-order chi connectivity index (χ0) is 13.9. The van der Waals surface area contributed by atoms with Crippen molar-refractivity contribution in [2.45, 2.75) is 45.6 Å². The second-order valence-corrected chi connectivity index (χ2v) is 5.04. The van der Waals surface area contributed by atoms with Crippen LogP contribution >= 0.6 is 0 Å². The maximum absolute atomic E-state index is 9.87. The summed E-state index contributed by atoms with van der Waals surface area (Å²) >= 11 is 0. The molecular weight excluding hydrogens is 228 g/mol. The van der Waals surface area contributed by atoms with Gasteiger partial charge in [-0.1, -0.05) is 19.1 Å². The van der Waals surface area contributed by atoms with Crippen molar-refractivity contribution in [1.29, 1.82) is 0 Å². The van der Waals surface area contributed by atoms with Crippen LogP contribution in [0.3, 0.4) is 0 Å². The average Bonchev–Trinajstić information content (AvgIpc) is 2.30. The number of hydrogen-bond acceptors (Lipinski definition) is 3. The van der Waals surface area contributed by atoms with E-state index in [0.717, 1.165) is 12.0 Å². The van der Waals surface area contributed by atoms with Crippen molar-refractivity contribution in [1.82, 2.24) is 0 Å². The monoisotopic (exact) mass is 250 g/mol. The molecule has 3 N–H and O–H groups in total. The Bertz CT molecular complexity index is 438. The molecule has 0 amide bonds. The summed E-state index contributed by atoms with van der Waals surface area (Å²) in [4.78, 5) is 0. The summed E-state index contributed by atoms with van der Waals surface area (Å²) < 4.78 is 0. The van der Waals surface area contributed by atoms with Crippen molar-refractivity contribution in [2.24, 2.45) is 0 Å². The van der Waals surface area contributed by atoms with Crippen LogP contribution in [0.1, 0.15) is 43.7 Å². The first-order chi connectivity index (χ1) is 8.32. The molecule has 18 heavy (non-hydrogen) atoms. The standard InChI is InChI=1S/C15H22O3/c1-9(2)13(16)6-5-10(3)12-8-14(17)11(4)7-15(12)18/h7-8,10,13,16-18H,1,5-6H2,2-4H3/t10-,13?/m1/s1. The summed E-state index contributed by atoms with van der Waals surface area (Å²) in [6.07, 6.45) is 0.822. The van der Waals surface area contributed by atoms with Gasteiger partial charge in [0.05, 0.1) is 6.10 Å². The van der Waals surface area contributed by atoms with Gasteiger partial charge < -0.3 is 15.3 Å². The fraction of sp³-hybridized carbons (Fsp3) is 0.467. The number of aliphatic hydroxyl groups is 1. The maximum Gasteiger partial charge on any atom is 0.119 e. The highest BCUT2D eigenvalue weighted by Gasteiger charge is 2.15. The van der Waals surface area contributed by atoms with Crippen LogP contribution in [0.15, 0.2) is 24.3 Å². The number of rotatable bonds is 5.